The summed E-state index contributed by atoms with van der Waals surface area (Å²) in [5, 5.41) is 12.5. The fourth-order valence-electron chi connectivity index (χ4n) is 1.20. The van der Waals surface area contributed by atoms with E-state index >= 15 is 0 Å². The lowest BCUT2D eigenvalue weighted by Crippen LogP contribution is -2.44. The van der Waals surface area contributed by atoms with Gasteiger partial charge in [-0.05, 0) is 11.8 Å². The molecule has 0 rings (SSSR count). The summed E-state index contributed by atoms with van der Waals surface area (Å²) in [6.07, 6.45) is 1.09. The van der Waals surface area contributed by atoms with Crippen molar-refractivity contribution >= 4 is 21.8 Å². The molecule has 0 aliphatic rings. The zero-order chi connectivity index (χ0) is 11.2. The fraction of sp³-hybridized carbons (Fsp3) is 0.900. The van der Waals surface area contributed by atoms with Crippen LogP contribution in [0.3, 0.4) is 0 Å². The van der Waals surface area contributed by atoms with Gasteiger partial charge < -0.3 is 10.4 Å². The second kappa shape index (κ2) is 6.40. The molecular weight excluding hydrogens is 246 g/mol. The van der Waals surface area contributed by atoms with Crippen LogP contribution < -0.4 is 5.32 Å². The van der Waals surface area contributed by atoms with Crippen LogP contribution in [0.15, 0.2) is 0 Å². The molecule has 14 heavy (non-hydrogen) atoms. The van der Waals surface area contributed by atoms with E-state index in [0.29, 0.717) is 18.2 Å². The first kappa shape index (κ1) is 13.9. The molecule has 0 bridgehead atoms. The molecule has 0 fully saturated rings. The molecule has 3 nitrogen and oxygen atoms in total. The molecule has 1 unspecified atom stereocenters. The van der Waals surface area contributed by atoms with Gasteiger partial charge in [-0.25, -0.2) is 0 Å². The van der Waals surface area contributed by atoms with Gasteiger partial charge in [-0.1, -0.05) is 36.7 Å². The van der Waals surface area contributed by atoms with Crippen LogP contribution in [0.25, 0.3) is 0 Å². The highest BCUT2D eigenvalue weighted by atomic mass is 79.9. The van der Waals surface area contributed by atoms with Crippen LogP contribution in [0.1, 0.15) is 33.6 Å². The molecule has 0 aromatic carbocycles. The van der Waals surface area contributed by atoms with Gasteiger partial charge >= 0.3 is 0 Å². The van der Waals surface area contributed by atoms with Crippen molar-refractivity contribution in [3.8, 4) is 0 Å². The number of carbonyl (C=O) groups is 1. The zero-order valence-electron chi connectivity index (χ0n) is 9.14. The maximum atomic E-state index is 11.4. The number of halogens is 1. The number of aliphatic hydroxyl groups excluding tert-OH is 1. The van der Waals surface area contributed by atoms with Crippen LogP contribution in [-0.4, -0.2) is 29.0 Å². The topological polar surface area (TPSA) is 49.3 Å². The van der Waals surface area contributed by atoms with Gasteiger partial charge in [0.1, 0.15) is 0 Å². The van der Waals surface area contributed by atoms with Gasteiger partial charge in [-0.2, -0.15) is 0 Å². The number of aliphatic hydroxyl groups is 1. The lowest BCUT2D eigenvalue weighted by molar-refractivity contribution is -0.122. The molecule has 4 heteroatoms. The third-order valence-corrected chi connectivity index (χ3v) is 2.52. The maximum absolute atomic E-state index is 11.4. The number of rotatable bonds is 5. The molecule has 0 saturated heterocycles. The second-order valence-electron chi connectivity index (χ2n) is 4.44. The zero-order valence-corrected chi connectivity index (χ0v) is 10.7. The summed E-state index contributed by atoms with van der Waals surface area (Å²) in [7, 11) is 0. The Morgan fingerprint density at radius 3 is 2.43 bits per heavy atom. The smallest absolute Gasteiger partial charge is 0.221 e. The maximum Gasteiger partial charge on any atom is 0.221 e. The Labute approximate surface area is 94.4 Å². The van der Waals surface area contributed by atoms with Crippen molar-refractivity contribution in [3.05, 3.63) is 0 Å². The van der Waals surface area contributed by atoms with E-state index in [1.807, 2.05) is 0 Å². The van der Waals surface area contributed by atoms with Crippen molar-refractivity contribution in [2.24, 2.45) is 5.41 Å². The molecule has 0 heterocycles. The largest absolute Gasteiger partial charge is 0.396 e. The summed E-state index contributed by atoms with van der Waals surface area (Å²) in [5.41, 5.74) is -0.00922. The molecule has 0 saturated carbocycles. The number of carbonyl (C=O) groups excluding carboxylic acids is 1. The SMILES string of the molecule is CC(C)(C)C(CCO)NC(=O)CCBr. The van der Waals surface area contributed by atoms with Gasteiger partial charge in [-0.15, -0.1) is 0 Å². The van der Waals surface area contributed by atoms with E-state index in [1.165, 1.54) is 0 Å². The predicted octanol–water partition coefficient (Wildman–Crippen LogP) is 1.68. The van der Waals surface area contributed by atoms with Crippen LogP contribution in [-0.2, 0) is 4.79 Å². The first-order valence-corrected chi connectivity index (χ1v) is 6.00. The standard InChI is InChI=1S/C10H20BrNO2/c1-10(2,3)8(5-7-13)12-9(14)4-6-11/h8,13H,4-7H2,1-3H3,(H,12,14). The predicted molar refractivity (Wildman–Crippen MR) is 61.5 cm³/mol. The molecule has 0 aliphatic heterocycles. The van der Waals surface area contributed by atoms with E-state index < -0.39 is 0 Å². The van der Waals surface area contributed by atoms with Crippen molar-refractivity contribution in [1.82, 2.24) is 5.32 Å². The third kappa shape index (κ3) is 5.60. The average Bonchev–Trinajstić information content (AvgIpc) is 2.02. The van der Waals surface area contributed by atoms with Crippen molar-refractivity contribution < 1.29 is 9.90 Å². The molecule has 2 N–H and O–H groups in total. The normalized spacial score (nSPS) is 13.8. The van der Waals surface area contributed by atoms with E-state index in [1.54, 1.807) is 0 Å². The quantitative estimate of drug-likeness (QED) is 0.744. The summed E-state index contributed by atoms with van der Waals surface area (Å²) >= 11 is 3.22. The Bertz CT molecular complexity index is 177. The van der Waals surface area contributed by atoms with Gasteiger partial charge in [-0.3, -0.25) is 4.79 Å². The van der Waals surface area contributed by atoms with Crippen LogP contribution in [0.4, 0.5) is 0 Å². The van der Waals surface area contributed by atoms with E-state index in [4.69, 9.17) is 5.11 Å². The molecule has 0 aromatic rings. The van der Waals surface area contributed by atoms with Gasteiger partial charge in [0.25, 0.3) is 0 Å². The highest BCUT2D eigenvalue weighted by molar-refractivity contribution is 9.09. The lowest BCUT2D eigenvalue weighted by atomic mass is 9.85. The molecule has 84 valence electrons. The molecule has 1 atom stereocenters. The Hall–Kier alpha value is -0.0900. The number of hydrogen-bond acceptors (Lipinski definition) is 2. The molecular formula is C10H20BrNO2. The summed E-state index contributed by atoms with van der Waals surface area (Å²) in [6, 6.07) is 0.0408. The number of nitrogens with one attached hydrogen (secondary N) is 1. The highest BCUT2D eigenvalue weighted by Gasteiger charge is 2.25. The molecule has 1 amide bonds. The minimum absolute atomic E-state index is 0.00922. The van der Waals surface area contributed by atoms with Gasteiger partial charge in [0.15, 0.2) is 0 Å². The molecule has 0 aliphatic carbocycles. The van der Waals surface area contributed by atoms with E-state index in [2.05, 4.69) is 42.0 Å². The monoisotopic (exact) mass is 265 g/mol. The number of alkyl halides is 1. The van der Waals surface area contributed by atoms with Crippen LogP contribution in [0, 0.1) is 5.41 Å². The number of hydrogen-bond donors (Lipinski definition) is 2. The molecule has 0 spiro atoms. The first-order chi connectivity index (χ1) is 6.41. The van der Waals surface area contributed by atoms with Crippen LogP contribution >= 0.6 is 15.9 Å². The van der Waals surface area contributed by atoms with Gasteiger partial charge in [0.2, 0.25) is 5.91 Å². The number of amides is 1. The summed E-state index contributed by atoms with van der Waals surface area (Å²) < 4.78 is 0. The highest BCUT2D eigenvalue weighted by Crippen LogP contribution is 2.21. The fourth-order valence-corrected chi connectivity index (χ4v) is 1.56. The van der Waals surface area contributed by atoms with Gasteiger partial charge in [0, 0.05) is 24.4 Å². The van der Waals surface area contributed by atoms with Crippen molar-refractivity contribution in [2.45, 2.75) is 39.7 Å². The van der Waals surface area contributed by atoms with Crippen molar-refractivity contribution in [1.29, 1.82) is 0 Å². The minimum atomic E-state index is -0.00922. The molecule has 0 aromatic heterocycles. The lowest BCUT2D eigenvalue weighted by Gasteiger charge is -2.31. The third-order valence-electron chi connectivity index (χ3n) is 2.12. The van der Waals surface area contributed by atoms with Crippen LogP contribution in [0.2, 0.25) is 0 Å². The minimum Gasteiger partial charge on any atom is -0.396 e. The molecule has 0 radical (unpaired) electrons. The van der Waals surface area contributed by atoms with Crippen molar-refractivity contribution in [3.63, 3.8) is 0 Å². The average molecular weight is 266 g/mol. The first-order valence-electron chi connectivity index (χ1n) is 4.88. The summed E-state index contributed by atoms with van der Waals surface area (Å²) in [4.78, 5) is 11.4. The van der Waals surface area contributed by atoms with E-state index in [9.17, 15) is 4.79 Å². The van der Waals surface area contributed by atoms with Crippen LogP contribution in [0.5, 0.6) is 0 Å². The van der Waals surface area contributed by atoms with E-state index in [-0.39, 0.29) is 24.0 Å². The van der Waals surface area contributed by atoms with E-state index in [0.717, 1.165) is 0 Å². The Morgan fingerprint density at radius 1 is 1.50 bits per heavy atom. The Kier molecular flexibility index (Phi) is 6.36. The Balaban J connectivity index is 4.16. The van der Waals surface area contributed by atoms with Crippen molar-refractivity contribution in [2.75, 3.05) is 11.9 Å². The Morgan fingerprint density at radius 2 is 2.07 bits per heavy atom. The van der Waals surface area contributed by atoms with Gasteiger partial charge in [0.05, 0.1) is 0 Å². The summed E-state index contributed by atoms with van der Waals surface area (Å²) in [5.74, 6) is 0.0373. The summed E-state index contributed by atoms with van der Waals surface area (Å²) in [6.45, 7) is 6.28. The second-order valence-corrected chi connectivity index (χ2v) is 5.23.